The Morgan fingerprint density at radius 3 is 2.90 bits per heavy atom. The summed E-state index contributed by atoms with van der Waals surface area (Å²) in [6.45, 7) is 4.23. The van der Waals surface area contributed by atoms with Gasteiger partial charge in [-0.25, -0.2) is 4.99 Å². The Hall–Kier alpha value is 0.150. The minimum absolute atomic E-state index is 0.358. The Kier molecular flexibility index (Phi) is 7.37. The van der Waals surface area contributed by atoms with Crippen molar-refractivity contribution in [3.8, 4) is 0 Å². The average molecular weight is 175 g/mol. The van der Waals surface area contributed by atoms with Crippen molar-refractivity contribution < 1.29 is 0 Å². The van der Waals surface area contributed by atoms with Gasteiger partial charge in [-0.2, -0.15) is 11.8 Å². The summed E-state index contributed by atoms with van der Waals surface area (Å²) in [5.41, 5.74) is 0. The van der Waals surface area contributed by atoms with E-state index in [1.54, 1.807) is 0 Å². The van der Waals surface area contributed by atoms with Crippen molar-refractivity contribution in [1.82, 2.24) is 0 Å². The highest BCUT2D eigenvalue weighted by molar-refractivity contribution is 7.99. The Morgan fingerprint density at radius 1 is 1.70 bits per heavy atom. The van der Waals surface area contributed by atoms with Crippen LogP contribution in [0.1, 0.15) is 20.3 Å². The third-order valence-corrected chi connectivity index (χ3v) is 2.20. The third kappa shape index (κ3) is 6.27. The molecule has 0 amide bonds. The highest BCUT2D eigenvalue weighted by Crippen LogP contribution is 2.05. The molecule has 0 aliphatic carbocycles. The Bertz CT molecular complexity index is 119. The van der Waals surface area contributed by atoms with Crippen LogP contribution in [0.4, 0.5) is 0 Å². The summed E-state index contributed by atoms with van der Waals surface area (Å²) in [5.74, 6) is 2.37. The molecule has 0 saturated carbocycles. The van der Waals surface area contributed by atoms with Crippen molar-refractivity contribution >= 4 is 29.1 Å². The molecule has 1 unspecified atom stereocenters. The topological polar surface area (TPSA) is 12.4 Å². The first kappa shape index (κ1) is 10.2. The van der Waals surface area contributed by atoms with Crippen LogP contribution < -0.4 is 0 Å². The van der Waals surface area contributed by atoms with Crippen LogP contribution in [0.2, 0.25) is 0 Å². The number of thiocarbonyl (C=S) groups is 1. The number of hydrogen-bond donors (Lipinski definition) is 0. The van der Waals surface area contributed by atoms with Gasteiger partial charge in [0.05, 0.1) is 11.2 Å². The molecule has 0 rings (SSSR count). The Labute approximate surface area is 72.3 Å². The lowest BCUT2D eigenvalue weighted by molar-refractivity contribution is 0.729. The number of rotatable bonds is 5. The van der Waals surface area contributed by atoms with E-state index in [4.69, 9.17) is 0 Å². The molecule has 1 nitrogen and oxygen atoms in total. The van der Waals surface area contributed by atoms with Gasteiger partial charge in [-0.05, 0) is 37.1 Å². The van der Waals surface area contributed by atoms with Gasteiger partial charge in [0.15, 0.2) is 0 Å². The zero-order valence-electron chi connectivity index (χ0n) is 6.46. The monoisotopic (exact) mass is 175 g/mol. The quantitative estimate of drug-likeness (QED) is 0.362. The van der Waals surface area contributed by atoms with E-state index in [0.717, 1.165) is 6.42 Å². The fraction of sp³-hybridized carbons (Fsp3) is 0.857. The normalized spacial score (nSPS) is 12.2. The number of nitrogens with zero attached hydrogens (tertiary/aromatic N) is 1. The molecule has 0 aromatic heterocycles. The lowest BCUT2D eigenvalue weighted by Crippen LogP contribution is -1.98. The SMILES string of the molecule is CCSCCC(C)N=C=S. The highest BCUT2D eigenvalue weighted by Gasteiger charge is 1.95. The maximum atomic E-state index is 4.48. The van der Waals surface area contributed by atoms with Gasteiger partial charge in [-0.15, -0.1) is 0 Å². The molecule has 0 aliphatic rings. The molecule has 0 bridgehead atoms. The minimum Gasteiger partial charge on any atom is -0.229 e. The first-order valence-electron chi connectivity index (χ1n) is 3.46. The van der Waals surface area contributed by atoms with Gasteiger partial charge in [0.2, 0.25) is 0 Å². The molecule has 1 atom stereocenters. The van der Waals surface area contributed by atoms with E-state index in [0.29, 0.717) is 6.04 Å². The van der Waals surface area contributed by atoms with Crippen LogP contribution in [-0.4, -0.2) is 22.7 Å². The van der Waals surface area contributed by atoms with Gasteiger partial charge in [0.25, 0.3) is 0 Å². The maximum absolute atomic E-state index is 4.48. The summed E-state index contributed by atoms with van der Waals surface area (Å²) >= 11 is 6.42. The molecule has 0 spiro atoms. The number of isothiocyanates is 1. The molecular formula is C7H13NS2. The highest BCUT2D eigenvalue weighted by atomic mass is 32.2. The smallest absolute Gasteiger partial charge is 0.0587 e. The summed E-state index contributed by atoms with van der Waals surface area (Å²) in [6, 6.07) is 0.358. The second-order valence-electron chi connectivity index (χ2n) is 2.06. The fourth-order valence-electron chi connectivity index (χ4n) is 0.553. The zero-order valence-corrected chi connectivity index (χ0v) is 8.10. The molecule has 3 heteroatoms. The molecule has 10 heavy (non-hydrogen) atoms. The van der Waals surface area contributed by atoms with E-state index in [9.17, 15) is 0 Å². The standard InChI is InChI=1S/C7H13NS2/c1-3-10-5-4-7(2)8-6-9/h7H,3-5H2,1-2H3. The maximum Gasteiger partial charge on any atom is 0.0587 e. The van der Waals surface area contributed by atoms with E-state index in [-0.39, 0.29) is 0 Å². The predicted octanol–water partition coefficient (Wildman–Crippen LogP) is 2.62. The van der Waals surface area contributed by atoms with Crippen molar-refractivity contribution in [2.75, 3.05) is 11.5 Å². The molecule has 0 N–H and O–H groups in total. The van der Waals surface area contributed by atoms with Crippen LogP contribution in [0.3, 0.4) is 0 Å². The molecule has 0 aromatic carbocycles. The first-order valence-corrected chi connectivity index (χ1v) is 5.02. The van der Waals surface area contributed by atoms with Gasteiger partial charge in [-0.3, -0.25) is 0 Å². The van der Waals surface area contributed by atoms with Crippen LogP contribution >= 0.6 is 24.0 Å². The molecule has 0 fully saturated rings. The molecule has 58 valence electrons. The van der Waals surface area contributed by atoms with Crippen LogP contribution in [0.5, 0.6) is 0 Å². The predicted molar refractivity (Wildman–Crippen MR) is 52.1 cm³/mol. The second kappa shape index (κ2) is 7.26. The largest absolute Gasteiger partial charge is 0.229 e. The summed E-state index contributed by atoms with van der Waals surface area (Å²) in [5, 5.41) is 2.39. The van der Waals surface area contributed by atoms with Gasteiger partial charge in [0, 0.05) is 0 Å². The van der Waals surface area contributed by atoms with E-state index in [1.807, 2.05) is 11.8 Å². The molecule has 0 heterocycles. The van der Waals surface area contributed by atoms with Gasteiger partial charge in [-0.1, -0.05) is 6.92 Å². The summed E-state index contributed by atoms with van der Waals surface area (Å²) < 4.78 is 0. The van der Waals surface area contributed by atoms with Gasteiger partial charge < -0.3 is 0 Å². The number of aliphatic imine (C=N–C) groups is 1. The minimum atomic E-state index is 0.358. The van der Waals surface area contributed by atoms with Crippen molar-refractivity contribution in [3.05, 3.63) is 0 Å². The van der Waals surface area contributed by atoms with E-state index >= 15 is 0 Å². The molecular weight excluding hydrogens is 162 g/mol. The van der Waals surface area contributed by atoms with Crippen LogP contribution in [-0.2, 0) is 0 Å². The molecule has 0 aliphatic heterocycles. The van der Waals surface area contributed by atoms with E-state index in [2.05, 4.69) is 36.2 Å². The Morgan fingerprint density at radius 2 is 2.40 bits per heavy atom. The van der Waals surface area contributed by atoms with Gasteiger partial charge in [0.1, 0.15) is 0 Å². The van der Waals surface area contributed by atoms with Gasteiger partial charge >= 0.3 is 0 Å². The first-order chi connectivity index (χ1) is 4.81. The fourth-order valence-corrected chi connectivity index (χ4v) is 1.53. The Balaban J connectivity index is 3.21. The molecule has 0 saturated heterocycles. The molecule has 0 radical (unpaired) electrons. The van der Waals surface area contributed by atoms with Crippen LogP contribution in [0, 0.1) is 0 Å². The number of hydrogen-bond acceptors (Lipinski definition) is 3. The van der Waals surface area contributed by atoms with Crippen molar-refractivity contribution in [2.24, 2.45) is 4.99 Å². The number of thioether (sulfide) groups is 1. The second-order valence-corrected chi connectivity index (χ2v) is 3.63. The van der Waals surface area contributed by atoms with E-state index < -0.39 is 0 Å². The van der Waals surface area contributed by atoms with Crippen molar-refractivity contribution in [2.45, 2.75) is 26.3 Å². The summed E-state index contributed by atoms with van der Waals surface area (Å²) in [4.78, 5) is 3.95. The average Bonchev–Trinajstić information content (AvgIpc) is 1.89. The summed E-state index contributed by atoms with van der Waals surface area (Å²) in [7, 11) is 0. The van der Waals surface area contributed by atoms with Crippen LogP contribution in [0.15, 0.2) is 4.99 Å². The van der Waals surface area contributed by atoms with Crippen molar-refractivity contribution in [1.29, 1.82) is 0 Å². The molecule has 0 aromatic rings. The zero-order chi connectivity index (χ0) is 7.82. The third-order valence-electron chi connectivity index (χ3n) is 1.16. The lowest BCUT2D eigenvalue weighted by Gasteiger charge is -2.01. The summed E-state index contributed by atoms with van der Waals surface area (Å²) in [6.07, 6.45) is 1.11. The van der Waals surface area contributed by atoms with Crippen LogP contribution in [0.25, 0.3) is 0 Å². The van der Waals surface area contributed by atoms with E-state index in [1.165, 1.54) is 11.5 Å². The van der Waals surface area contributed by atoms with Crippen molar-refractivity contribution in [3.63, 3.8) is 0 Å². The lowest BCUT2D eigenvalue weighted by atomic mass is 10.3.